The van der Waals surface area contributed by atoms with Gasteiger partial charge in [-0.2, -0.15) is 5.10 Å². The number of hydrogen-bond donors (Lipinski definition) is 1. The van der Waals surface area contributed by atoms with Gasteiger partial charge in [0.2, 0.25) is 0 Å². The predicted octanol–water partition coefficient (Wildman–Crippen LogP) is 3.19. The van der Waals surface area contributed by atoms with Gasteiger partial charge < -0.3 is 14.5 Å². The third kappa shape index (κ3) is 3.19. The lowest BCUT2D eigenvalue weighted by Crippen LogP contribution is -2.01. The average molecular weight is 293 g/mol. The first-order chi connectivity index (χ1) is 9.47. The minimum Gasteiger partial charge on any atom is -0.478 e. The van der Waals surface area contributed by atoms with Crippen molar-refractivity contribution in [2.75, 3.05) is 14.1 Å². The monoisotopic (exact) mass is 292 g/mol. The molecule has 0 aliphatic heterocycles. The maximum absolute atomic E-state index is 11.0. The molecular formula is C14H13ClN2O3. The summed E-state index contributed by atoms with van der Waals surface area (Å²) in [5, 5.41) is 14.9. The van der Waals surface area contributed by atoms with Crippen LogP contribution >= 0.6 is 11.6 Å². The third-order valence-electron chi connectivity index (χ3n) is 2.52. The van der Waals surface area contributed by atoms with Gasteiger partial charge in [0.1, 0.15) is 11.5 Å². The van der Waals surface area contributed by atoms with Crippen molar-refractivity contribution in [3.8, 4) is 11.3 Å². The molecule has 1 heterocycles. The number of aromatic carboxylic acids is 1. The molecule has 2 aromatic rings. The van der Waals surface area contributed by atoms with Gasteiger partial charge in [0.05, 0.1) is 16.8 Å². The van der Waals surface area contributed by atoms with E-state index in [0.717, 1.165) is 0 Å². The highest BCUT2D eigenvalue weighted by molar-refractivity contribution is 6.33. The average Bonchev–Trinajstić information content (AvgIpc) is 2.85. The van der Waals surface area contributed by atoms with Crippen LogP contribution < -0.4 is 0 Å². The molecule has 1 aromatic heterocycles. The number of furan rings is 1. The smallest absolute Gasteiger partial charge is 0.337 e. The Balaban J connectivity index is 2.33. The Morgan fingerprint density at radius 3 is 2.75 bits per heavy atom. The maximum Gasteiger partial charge on any atom is 0.337 e. The second-order valence-corrected chi connectivity index (χ2v) is 4.70. The van der Waals surface area contributed by atoms with Crippen molar-refractivity contribution >= 4 is 23.8 Å². The number of hydrogen-bond acceptors (Lipinski definition) is 4. The van der Waals surface area contributed by atoms with Crippen molar-refractivity contribution in [2.24, 2.45) is 5.10 Å². The summed E-state index contributed by atoms with van der Waals surface area (Å²) in [5.41, 5.74) is 0.695. The SMILES string of the molecule is CN(C)/N=C\c1ccc(-c2ccc(Cl)c(C(=O)O)c2)o1. The fraction of sp³-hybridized carbons (Fsp3) is 0.143. The van der Waals surface area contributed by atoms with Crippen molar-refractivity contribution in [3.05, 3.63) is 46.7 Å². The summed E-state index contributed by atoms with van der Waals surface area (Å²) in [6.07, 6.45) is 1.58. The van der Waals surface area contributed by atoms with E-state index in [1.54, 1.807) is 43.5 Å². The lowest BCUT2D eigenvalue weighted by molar-refractivity contribution is 0.0697. The second-order valence-electron chi connectivity index (χ2n) is 4.29. The van der Waals surface area contributed by atoms with E-state index in [4.69, 9.17) is 21.1 Å². The predicted molar refractivity (Wildman–Crippen MR) is 77.4 cm³/mol. The topological polar surface area (TPSA) is 66.0 Å². The zero-order valence-corrected chi connectivity index (χ0v) is 11.8. The molecule has 5 nitrogen and oxygen atoms in total. The highest BCUT2D eigenvalue weighted by Gasteiger charge is 2.12. The Hall–Kier alpha value is -2.27. The van der Waals surface area contributed by atoms with Crippen LogP contribution in [0.4, 0.5) is 0 Å². The fourth-order valence-electron chi connectivity index (χ4n) is 1.59. The van der Waals surface area contributed by atoms with E-state index in [2.05, 4.69) is 5.10 Å². The van der Waals surface area contributed by atoms with Gasteiger partial charge in [-0.15, -0.1) is 0 Å². The van der Waals surface area contributed by atoms with Crippen LogP contribution in [0.25, 0.3) is 11.3 Å². The van der Waals surface area contributed by atoms with Crippen LogP contribution in [-0.4, -0.2) is 36.4 Å². The van der Waals surface area contributed by atoms with Gasteiger partial charge in [0.15, 0.2) is 0 Å². The molecule has 2 rings (SSSR count). The summed E-state index contributed by atoms with van der Waals surface area (Å²) in [6.45, 7) is 0. The molecule has 0 unspecified atom stereocenters. The highest BCUT2D eigenvalue weighted by atomic mass is 35.5. The van der Waals surface area contributed by atoms with Crippen LogP contribution in [0, 0.1) is 0 Å². The summed E-state index contributed by atoms with van der Waals surface area (Å²) < 4.78 is 5.58. The Labute approximate surface area is 121 Å². The standard InChI is InChI=1S/C14H13ClN2O3/c1-17(2)16-8-10-4-6-13(20-10)9-3-5-12(15)11(7-9)14(18)19/h3-8H,1-2H3,(H,18,19)/b16-8-. The van der Waals surface area contributed by atoms with Crippen molar-refractivity contribution < 1.29 is 14.3 Å². The van der Waals surface area contributed by atoms with E-state index < -0.39 is 5.97 Å². The molecule has 0 radical (unpaired) electrons. The van der Waals surface area contributed by atoms with Crippen molar-refractivity contribution in [3.63, 3.8) is 0 Å². The van der Waals surface area contributed by atoms with Gasteiger partial charge >= 0.3 is 5.97 Å². The molecule has 0 saturated carbocycles. The van der Waals surface area contributed by atoms with E-state index in [1.807, 2.05) is 0 Å². The van der Waals surface area contributed by atoms with Gasteiger partial charge in [0, 0.05) is 19.7 Å². The zero-order chi connectivity index (χ0) is 14.7. The van der Waals surface area contributed by atoms with Crippen LogP contribution in [0.3, 0.4) is 0 Å². The van der Waals surface area contributed by atoms with Crippen LogP contribution in [0.2, 0.25) is 5.02 Å². The molecule has 6 heteroatoms. The van der Waals surface area contributed by atoms with E-state index in [9.17, 15) is 4.79 Å². The van der Waals surface area contributed by atoms with Crippen LogP contribution in [0.15, 0.2) is 39.9 Å². The summed E-state index contributed by atoms with van der Waals surface area (Å²) in [4.78, 5) is 11.0. The third-order valence-corrected chi connectivity index (χ3v) is 2.85. The summed E-state index contributed by atoms with van der Waals surface area (Å²) in [5.74, 6) is 0.0719. The maximum atomic E-state index is 11.0. The van der Waals surface area contributed by atoms with Crippen LogP contribution in [0.1, 0.15) is 16.1 Å². The molecule has 1 N–H and O–H groups in total. The normalized spacial score (nSPS) is 10.9. The molecule has 1 aromatic carbocycles. The Kier molecular flexibility index (Phi) is 4.10. The molecule has 0 bridgehead atoms. The first-order valence-corrected chi connectivity index (χ1v) is 6.19. The lowest BCUT2D eigenvalue weighted by atomic mass is 10.1. The molecule has 0 aliphatic carbocycles. The fourth-order valence-corrected chi connectivity index (χ4v) is 1.79. The molecular weight excluding hydrogens is 280 g/mol. The van der Waals surface area contributed by atoms with Gasteiger partial charge in [-0.25, -0.2) is 4.79 Å². The van der Waals surface area contributed by atoms with Gasteiger partial charge in [0.25, 0.3) is 0 Å². The number of carbonyl (C=O) groups is 1. The zero-order valence-electron chi connectivity index (χ0n) is 11.0. The highest BCUT2D eigenvalue weighted by Crippen LogP contribution is 2.26. The largest absolute Gasteiger partial charge is 0.478 e. The minimum atomic E-state index is -1.07. The van der Waals surface area contributed by atoms with Gasteiger partial charge in [-0.3, -0.25) is 0 Å². The van der Waals surface area contributed by atoms with Crippen LogP contribution in [-0.2, 0) is 0 Å². The number of carboxylic acids is 1. The van der Waals surface area contributed by atoms with Crippen molar-refractivity contribution in [1.82, 2.24) is 5.01 Å². The van der Waals surface area contributed by atoms with E-state index in [-0.39, 0.29) is 10.6 Å². The molecule has 0 amide bonds. The van der Waals surface area contributed by atoms with E-state index in [0.29, 0.717) is 17.1 Å². The lowest BCUT2D eigenvalue weighted by Gasteiger charge is -2.02. The Morgan fingerprint density at radius 1 is 1.35 bits per heavy atom. The first-order valence-electron chi connectivity index (χ1n) is 5.81. The Bertz CT molecular complexity index is 662. The molecule has 0 spiro atoms. The summed E-state index contributed by atoms with van der Waals surface area (Å²) in [6, 6.07) is 8.25. The molecule has 104 valence electrons. The second kappa shape index (κ2) is 5.79. The van der Waals surface area contributed by atoms with Gasteiger partial charge in [-0.1, -0.05) is 11.6 Å². The van der Waals surface area contributed by atoms with Crippen molar-refractivity contribution in [1.29, 1.82) is 0 Å². The number of hydrazone groups is 1. The van der Waals surface area contributed by atoms with Crippen molar-refractivity contribution in [2.45, 2.75) is 0 Å². The number of carboxylic acid groups (broad SMARTS) is 1. The molecule has 20 heavy (non-hydrogen) atoms. The summed E-state index contributed by atoms with van der Waals surface area (Å²) in [7, 11) is 3.61. The Morgan fingerprint density at radius 2 is 2.10 bits per heavy atom. The first kappa shape index (κ1) is 14.1. The number of halogens is 1. The molecule has 0 atom stereocenters. The number of benzene rings is 1. The van der Waals surface area contributed by atoms with Gasteiger partial charge in [-0.05, 0) is 30.3 Å². The number of nitrogens with zero attached hydrogens (tertiary/aromatic N) is 2. The van der Waals surface area contributed by atoms with Crippen LogP contribution in [0.5, 0.6) is 0 Å². The number of rotatable bonds is 4. The molecule has 0 fully saturated rings. The quantitative estimate of drug-likeness (QED) is 0.694. The molecule has 0 aliphatic rings. The minimum absolute atomic E-state index is 0.0454. The van der Waals surface area contributed by atoms with E-state index in [1.165, 1.54) is 12.1 Å². The van der Waals surface area contributed by atoms with E-state index >= 15 is 0 Å². The summed E-state index contributed by atoms with van der Waals surface area (Å²) >= 11 is 5.83. The molecule has 0 saturated heterocycles.